The molecular formula is C42H27O3P. The van der Waals surface area contributed by atoms with Gasteiger partial charge in [-0.05, 0) is 64.7 Å². The molecule has 0 radical (unpaired) electrons. The maximum absolute atomic E-state index is 15.4. The molecule has 2 aromatic heterocycles. The van der Waals surface area contributed by atoms with Crippen LogP contribution in [0.25, 0.3) is 66.1 Å². The molecule has 0 saturated heterocycles. The van der Waals surface area contributed by atoms with Gasteiger partial charge in [-0.1, -0.05) is 121 Å². The van der Waals surface area contributed by atoms with Crippen LogP contribution in [0.1, 0.15) is 0 Å². The molecule has 0 unspecified atom stereocenters. The second-order valence-electron chi connectivity index (χ2n) is 11.6. The lowest BCUT2D eigenvalue weighted by Crippen LogP contribution is -2.26. The van der Waals surface area contributed by atoms with E-state index in [-0.39, 0.29) is 0 Å². The number of furan rings is 2. The van der Waals surface area contributed by atoms with Gasteiger partial charge in [-0.2, -0.15) is 0 Å². The second kappa shape index (κ2) is 10.5. The molecule has 46 heavy (non-hydrogen) atoms. The lowest BCUT2D eigenvalue weighted by molar-refractivity contribution is 0.592. The summed E-state index contributed by atoms with van der Waals surface area (Å²) in [7, 11) is -3.18. The van der Waals surface area contributed by atoms with Gasteiger partial charge in [0.1, 0.15) is 22.3 Å². The average molecular weight is 611 g/mol. The molecule has 0 spiro atoms. The van der Waals surface area contributed by atoms with Crippen molar-refractivity contribution in [2.45, 2.75) is 0 Å². The van der Waals surface area contributed by atoms with Gasteiger partial charge in [0.15, 0.2) is 7.14 Å². The van der Waals surface area contributed by atoms with Crippen LogP contribution < -0.4 is 15.9 Å². The van der Waals surface area contributed by atoms with E-state index in [2.05, 4.69) is 60.7 Å². The van der Waals surface area contributed by atoms with Gasteiger partial charge in [-0.25, -0.2) is 0 Å². The van der Waals surface area contributed by atoms with E-state index in [9.17, 15) is 0 Å². The third-order valence-electron chi connectivity index (χ3n) is 8.97. The smallest absolute Gasteiger partial charge is 0.171 e. The zero-order valence-corrected chi connectivity index (χ0v) is 25.7. The monoisotopic (exact) mass is 610 g/mol. The van der Waals surface area contributed by atoms with Gasteiger partial charge in [0.2, 0.25) is 0 Å². The molecule has 0 aliphatic carbocycles. The Kier molecular flexibility index (Phi) is 6.09. The molecule has 2 heterocycles. The van der Waals surface area contributed by atoms with E-state index >= 15 is 4.57 Å². The van der Waals surface area contributed by atoms with Crippen LogP contribution in [0.5, 0.6) is 0 Å². The molecule has 0 fully saturated rings. The van der Waals surface area contributed by atoms with Gasteiger partial charge in [0.05, 0.1) is 0 Å². The lowest BCUT2D eigenvalue weighted by atomic mass is 9.99. The molecule has 0 bridgehead atoms. The summed E-state index contributed by atoms with van der Waals surface area (Å²) in [4.78, 5) is 0. The van der Waals surface area contributed by atoms with Crippen LogP contribution in [0, 0.1) is 0 Å². The summed E-state index contributed by atoms with van der Waals surface area (Å²) >= 11 is 0. The Hall–Kier alpha value is -5.63. The molecule has 218 valence electrons. The first-order valence-electron chi connectivity index (χ1n) is 15.4. The number of fused-ring (bicyclic) bond motifs is 6. The minimum atomic E-state index is -3.18. The number of hydrogen-bond acceptors (Lipinski definition) is 3. The van der Waals surface area contributed by atoms with Crippen LogP contribution >= 0.6 is 7.14 Å². The number of rotatable bonds is 5. The van der Waals surface area contributed by atoms with E-state index in [0.717, 1.165) is 82.0 Å². The SMILES string of the molecule is O=P(c1ccccc1)(c1ccccc1)c1ccccc1-c1ccc2oc3ccc(-c4ccc5oc6ccccc6c5c4)cc3c2c1. The van der Waals surface area contributed by atoms with Crippen LogP contribution in [0.2, 0.25) is 0 Å². The van der Waals surface area contributed by atoms with Crippen molar-refractivity contribution in [2.75, 3.05) is 0 Å². The van der Waals surface area contributed by atoms with E-state index in [1.165, 1.54) is 0 Å². The fraction of sp³-hybridized carbons (Fsp3) is 0. The van der Waals surface area contributed by atoms with E-state index in [0.29, 0.717) is 0 Å². The average Bonchev–Trinajstić information content (AvgIpc) is 3.69. The molecule has 0 aliphatic heterocycles. The van der Waals surface area contributed by atoms with Gasteiger partial charge >= 0.3 is 0 Å². The summed E-state index contributed by atoms with van der Waals surface area (Å²) in [6.45, 7) is 0. The zero-order chi connectivity index (χ0) is 30.7. The summed E-state index contributed by atoms with van der Waals surface area (Å²) in [5.74, 6) is 0. The first-order valence-corrected chi connectivity index (χ1v) is 17.1. The topological polar surface area (TPSA) is 43.4 Å². The van der Waals surface area contributed by atoms with Crippen LogP contribution in [0.3, 0.4) is 0 Å². The lowest BCUT2D eigenvalue weighted by Gasteiger charge is -2.23. The zero-order valence-electron chi connectivity index (χ0n) is 24.8. The molecule has 9 rings (SSSR count). The molecule has 0 aliphatic rings. The van der Waals surface area contributed by atoms with Gasteiger partial charge in [0.25, 0.3) is 0 Å². The molecule has 0 N–H and O–H groups in total. The van der Waals surface area contributed by atoms with Gasteiger partial charge in [-0.15, -0.1) is 0 Å². The van der Waals surface area contributed by atoms with Crippen LogP contribution in [0.4, 0.5) is 0 Å². The van der Waals surface area contributed by atoms with Crippen molar-refractivity contribution in [1.82, 2.24) is 0 Å². The van der Waals surface area contributed by atoms with Crippen molar-refractivity contribution in [3.63, 3.8) is 0 Å². The third kappa shape index (κ3) is 4.17. The summed E-state index contributed by atoms with van der Waals surface area (Å²) < 4.78 is 27.8. The highest BCUT2D eigenvalue weighted by Gasteiger charge is 2.32. The highest BCUT2D eigenvalue weighted by molar-refractivity contribution is 7.85. The number of benzene rings is 7. The van der Waals surface area contributed by atoms with E-state index in [1.807, 2.05) is 103 Å². The van der Waals surface area contributed by atoms with Crippen molar-refractivity contribution in [1.29, 1.82) is 0 Å². The third-order valence-corrected chi connectivity index (χ3v) is 12.1. The number of hydrogen-bond donors (Lipinski definition) is 0. The van der Waals surface area contributed by atoms with Gasteiger partial charge < -0.3 is 13.4 Å². The summed E-state index contributed by atoms with van der Waals surface area (Å²) in [5, 5.41) is 6.73. The van der Waals surface area contributed by atoms with Gasteiger partial charge in [-0.3, -0.25) is 0 Å². The molecule has 0 amide bonds. The quantitative estimate of drug-likeness (QED) is 0.182. The molecular weight excluding hydrogens is 583 g/mol. The van der Waals surface area contributed by atoms with Crippen molar-refractivity contribution in [3.8, 4) is 22.3 Å². The Bertz CT molecular complexity index is 2570. The Morgan fingerprint density at radius 2 is 0.804 bits per heavy atom. The van der Waals surface area contributed by atoms with Gasteiger partial charge in [0, 0.05) is 37.5 Å². The van der Waals surface area contributed by atoms with Crippen LogP contribution in [0.15, 0.2) is 173 Å². The Balaban J connectivity index is 1.21. The van der Waals surface area contributed by atoms with E-state index in [1.54, 1.807) is 0 Å². The first kappa shape index (κ1) is 26.7. The predicted octanol–water partition coefficient (Wildman–Crippen LogP) is 10.5. The fourth-order valence-electron chi connectivity index (χ4n) is 6.73. The molecule has 4 heteroatoms. The highest BCUT2D eigenvalue weighted by Crippen LogP contribution is 2.46. The Morgan fingerprint density at radius 3 is 1.41 bits per heavy atom. The summed E-state index contributed by atoms with van der Waals surface area (Å²) in [6, 6.07) is 54.9. The molecule has 3 nitrogen and oxygen atoms in total. The standard InChI is InChI=1S/C42H27O3P/c43-46(31-11-3-1-4-12-31,32-13-5-2-6-14-32)42-18-10-8-15-33(42)30-21-24-41-37(27-30)36-26-29(20-23-40(36)45-41)28-19-22-39-35(25-28)34-16-7-9-17-38(34)44-39/h1-27H. The van der Waals surface area contributed by atoms with Crippen molar-refractivity contribution in [2.24, 2.45) is 0 Å². The molecule has 0 saturated carbocycles. The summed E-state index contributed by atoms with van der Waals surface area (Å²) in [6.07, 6.45) is 0. The molecule has 7 aromatic carbocycles. The predicted molar refractivity (Wildman–Crippen MR) is 191 cm³/mol. The summed E-state index contributed by atoms with van der Waals surface area (Å²) in [5.41, 5.74) is 7.58. The Morgan fingerprint density at radius 1 is 0.370 bits per heavy atom. The van der Waals surface area contributed by atoms with Crippen LogP contribution in [-0.2, 0) is 4.57 Å². The first-order chi connectivity index (χ1) is 22.7. The Labute approximate surface area is 265 Å². The largest absolute Gasteiger partial charge is 0.456 e. The van der Waals surface area contributed by atoms with E-state index in [4.69, 9.17) is 8.83 Å². The normalized spacial score (nSPS) is 12.0. The minimum Gasteiger partial charge on any atom is -0.456 e. The van der Waals surface area contributed by atoms with Crippen molar-refractivity contribution >= 4 is 66.9 Å². The molecule has 0 atom stereocenters. The van der Waals surface area contributed by atoms with E-state index < -0.39 is 7.14 Å². The van der Waals surface area contributed by atoms with Crippen molar-refractivity contribution < 1.29 is 13.4 Å². The minimum absolute atomic E-state index is 0.815. The molecule has 9 aromatic rings. The highest BCUT2D eigenvalue weighted by atomic mass is 31.2. The van der Waals surface area contributed by atoms with Crippen molar-refractivity contribution in [3.05, 3.63) is 164 Å². The fourth-order valence-corrected chi connectivity index (χ4v) is 9.60. The van der Waals surface area contributed by atoms with Crippen LogP contribution in [-0.4, -0.2) is 0 Å². The maximum Gasteiger partial charge on any atom is 0.171 e. The second-order valence-corrected chi connectivity index (χ2v) is 14.4. The maximum atomic E-state index is 15.4. The number of para-hydroxylation sites is 1.